The smallest absolute Gasteiger partial charge is 0.382 e. The molecule has 19 heteroatoms. The molecule has 0 radical (unpaired) electrons. The van der Waals surface area contributed by atoms with Crippen LogP contribution in [0.5, 0.6) is 0 Å². The maximum Gasteiger partial charge on any atom is 0.460 e. The monoisotopic (exact) mass is 562 g/mol. The molecule has 0 aromatic carbocycles. The summed E-state index contributed by atoms with van der Waals surface area (Å²) in [6.07, 6.45) is -7.98. The first-order valence-corrected chi connectivity index (χ1v) is 11.2. The Balaban J connectivity index is 3.61. The fourth-order valence-electron chi connectivity index (χ4n) is 3.24. The first-order valence-electron chi connectivity index (χ1n) is 9.13. The average molecular weight is 562 g/mol. The molecule has 34 heavy (non-hydrogen) atoms. The van der Waals surface area contributed by atoms with Crippen molar-refractivity contribution >= 4 is 8.80 Å². The summed E-state index contributed by atoms with van der Waals surface area (Å²) in [6, 6.07) is -1.09. The van der Waals surface area contributed by atoms with E-state index < -0.39 is 74.2 Å². The standard InChI is InChI=1S/C15H15F17OSi/c1-2-34(7-5-3-4-6-33-7)15(31,32)13(26,27)11(22,23)9(18,19)8(16,17)10(20,21)12(24,25)14(28,29)30/h7,34H,2-6H2,1H3. The van der Waals surface area contributed by atoms with Gasteiger partial charge >= 0.3 is 41.7 Å². The lowest BCUT2D eigenvalue weighted by molar-refractivity contribution is -0.458. The molecule has 0 bridgehead atoms. The largest absolute Gasteiger partial charge is 0.460 e. The van der Waals surface area contributed by atoms with Gasteiger partial charge in [0.1, 0.15) is 0 Å². The van der Waals surface area contributed by atoms with E-state index in [2.05, 4.69) is 0 Å². The molecule has 1 nitrogen and oxygen atoms in total. The van der Waals surface area contributed by atoms with Crippen molar-refractivity contribution in [3.8, 4) is 0 Å². The zero-order chi connectivity index (χ0) is 27.4. The van der Waals surface area contributed by atoms with E-state index in [1.165, 1.54) is 0 Å². The molecule has 1 aliphatic heterocycles. The number of hydrogen-bond donors (Lipinski definition) is 0. The Kier molecular flexibility index (Phi) is 8.05. The van der Waals surface area contributed by atoms with Crippen LogP contribution in [0.25, 0.3) is 0 Å². The molecule has 0 aromatic rings. The van der Waals surface area contributed by atoms with Gasteiger partial charge in [0, 0.05) is 6.61 Å². The average Bonchev–Trinajstić information content (AvgIpc) is 2.67. The van der Waals surface area contributed by atoms with Gasteiger partial charge in [-0.2, -0.15) is 65.9 Å². The van der Waals surface area contributed by atoms with Crippen LogP contribution in [-0.2, 0) is 4.74 Å². The minimum atomic E-state index is -8.59. The van der Waals surface area contributed by atoms with E-state index in [-0.39, 0.29) is 19.4 Å². The Morgan fingerprint density at radius 2 is 0.971 bits per heavy atom. The zero-order valence-corrected chi connectivity index (χ0v) is 17.7. The number of alkyl halides is 17. The van der Waals surface area contributed by atoms with Crippen molar-refractivity contribution in [2.75, 3.05) is 6.61 Å². The molecule has 1 rings (SSSR count). The molecular formula is C15H15F17OSi. The van der Waals surface area contributed by atoms with Gasteiger partial charge in [0.05, 0.1) is 5.73 Å². The molecule has 204 valence electrons. The summed E-state index contributed by atoms with van der Waals surface area (Å²) in [5, 5.41) is 0. The van der Waals surface area contributed by atoms with Crippen LogP contribution in [0.3, 0.4) is 0 Å². The lowest BCUT2D eigenvalue weighted by Crippen LogP contribution is -2.76. The second-order valence-electron chi connectivity index (χ2n) is 7.49. The maximum atomic E-state index is 14.4. The van der Waals surface area contributed by atoms with Gasteiger partial charge in [0.15, 0.2) is 8.80 Å². The Labute approximate surface area is 181 Å². The van der Waals surface area contributed by atoms with Gasteiger partial charge in [-0.05, 0) is 19.3 Å². The molecule has 0 amide bonds. The Bertz CT molecular complexity index is 710. The Hall–Kier alpha value is -1.01. The normalized spacial score (nSPS) is 21.5. The van der Waals surface area contributed by atoms with Crippen molar-refractivity contribution in [2.24, 2.45) is 0 Å². The molecule has 2 unspecified atom stereocenters. The highest BCUT2D eigenvalue weighted by atomic mass is 28.3. The van der Waals surface area contributed by atoms with E-state index in [0.717, 1.165) is 0 Å². The number of ether oxygens (including phenoxy) is 1. The van der Waals surface area contributed by atoms with E-state index in [9.17, 15) is 74.6 Å². The fraction of sp³-hybridized carbons (Fsp3) is 1.00. The van der Waals surface area contributed by atoms with Crippen LogP contribution in [0.15, 0.2) is 0 Å². The van der Waals surface area contributed by atoms with Gasteiger partial charge in [-0.15, -0.1) is 0 Å². The molecule has 0 saturated carbocycles. The van der Waals surface area contributed by atoms with Gasteiger partial charge < -0.3 is 4.74 Å². The maximum absolute atomic E-state index is 14.4. The summed E-state index contributed by atoms with van der Waals surface area (Å²) in [5.74, 6) is -49.6. The van der Waals surface area contributed by atoms with Gasteiger partial charge in [-0.3, -0.25) is 0 Å². The molecular weight excluding hydrogens is 547 g/mol. The van der Waals surface area contributed by atoms with E-state index in [1.807, 2.05) is 0 Å². The number of rotatable bonds is 9. The molecule has 2 atom stereocenters. The zero-order valence-electron chi connectivity index (χ0n) is 16.5. The summed E-state index contributed by atoms with van der Waals surface area (Å²) in [4.78, 5) is 0. The summed E-state index contributed by atoms with van der Waals surface area (Å²) in [6.45, 7) is 0.362. The van der Waals surface area contributed by atoms with Gasteiger partial charge in [-0.1, -0.05) is 13.0 Å². The third kappa shape index (κ3) is 4.15. The molecule has 0 N–H and O–H groups in total. The predicted molar refractivity (Wildman–Crippen MR) is 81.9 cm³/mol. The van der Waals surface area contributed by atoms with Crippen LogP contribution in [0.4, 0.5) is 74.6 Å². The van der Waals surface area contributed by atoms with E-state index in [0.29, 0.717) is 6.92 Å². The Morgan fingerprint density at radius 3 is 1.29 bits per heavy atom. The summed E-state index contributed by atoms with van der Waals surface area (Å²) in [7, 11) is -4.84. The third-order valence-corrected chi connectivity index (χ3v) is 8.91. The van der Waals surface area contributed by atoms with Crippen LogP contribution in [0.2, 0.25) is 6.04 Å². The van der Waals surface area contributed by atoms with E-state index in [4.69, 9.17) is 4.74 Å². The van der Waals surface area contributed by atoms with Crippen LogP contribution >= 0.6 is 0 Å². The molecule has 0 aliphatic carbocycles. The molecule has 1 aliphatic rings. The predicted octanol–water partition coefficient (Wildman–Crippen LogP) is 6.89. The lowest BCUT2D eigenvalue weighted by atomic mass is 9.91. The molecule has 0 aromatic heterocycles. The molecule has 1 fully saturated rings. The van der Waals surface area contributed by atoms with Crippen molar-refractivity contribution in [3.63, 3.8) is 0 Å². The first-order chi connectivity index (χ1) is 14.8. The second-order valence-corrected chi connectivity index (χ2v) is 11.0. The van der Waals surface area contributed by atoms with Crippen molar-refractivity contribution in [3.05, 3.63) is 0 Å². The third-order valence-electron chi connectivity index (χ3n) is 5.32. The van der Waals surface area contributed by atoms with Crippen molar-refractivity contribution < 1.29 is 79.4 Å². The lowest BCUT2D eigenvalue weighted by Gasteiger charge is -2.45. The summed E-state index contributed by atoms with van der Waals surface area (Å²) >= 11 is 0. The van der Waals surface area contributed by atoms with Gasteiger partial charge in [0.2, 0.25) is 0 Å². The highest BCUT2D eigenvalue weighted by Crippen LogP contribution is 2.64. The van der Waals surface area contributed by atoms with Crippen LogP contribution < -0.4 is 0 Å². The molecule has 0 spiro atoms. The fourth-order valence-corrected chi connectivity index (χ4v) is 6.40. The van der Waals surface area contributed by atoms with Gasteiger partial charge in [0.25, 0.3) is 5.55 Å². The van der Waals surface area contributed by atoms with Gasteiger partial charge in [-0.25, -0.2) is 8.78 Å². The second kappa shape index (κ2) is 8.83. The van der Waals surface area contributed by atoms with E-state index >= 15 is 0 Å². The highest BCUT2D eigenvalue weighted by Gasteiger charge is 2.95. The van der Waals surface area contributed by atoms with Crippen LogP contribution in [0, 0.1) is 0 Å². The number of hydrogen-bond acceptors (Lipinski definition) is 1. The van der Waals surface area contributed by atoms with E-state index in [1.54, 1.807) is 0 Å². The van der Waals surface area contributed by atoms with Crippen LogP contribution in [0.1, 0.15) is 26.2 Å². The number of halogens is 17. The summed E-state index contributed by atoms with van der Waals surface area (Å²) < 4.78 is 232. The quantitative estimate of drug-likeness (QED) is 0.220. The van der Waals surface area contributed by atoms with Crippen molar-refractivity contribution in [1.29, 1.82) is 0 Å². The first kappa shape index (κ1) is 31.0. The highest BCUT2D eigenvalue weighted by molar-refractivity contribution is 6.63. The minimum Gasteiger partial charge on any atom is -0.382 e. The summed E-state index contributed by atoms with van der Waals surface area (Å²) in [5.41, 5.74) is -8.14. The Morgan fingerprint density at radius 1 is 0.588 bits per heavy atom. The van der Waals surface area contributed by atoms with Crippen molar-refractivity contribution in [2.45, 2.75) is 85.2 Å². The molecule has 1 saturated heterocycles. The van der Waals surface area contributed by atoms with Crippen LogP contribution in [-0.4, -0.2) is 68.4 Å². The molecule has 1 heterocycles. The van der Waals surface area contributed by atoms with Crippen molar-refractivity contribution in [1.82, 2.24) is 0 Å². The minimum absolute atomic E-state index is 0.0270. The topological polar surface area (TPSA) is 9.23 Å². The SMILES string of the molecule is CC[SiH](C1CCCCO1)C(F)(F)C(F)(F)C(F)(F)C(F)(F)C(F)(F)C(F)(F)C(F)(F)C(F)(F)F.